The second-order valence-corrected chi connectivity index (χ2v) is 10.5. The minimum Gasteiger partial charge on any atom is -0.481 e. The minimum absolute atomic E-state index is 0.0755. The van der Waals surface area contributed by atoms with Crippen molar-refractivity contribution in [3.05, 3.63) is 0 Å². The Morgan fingerprint density at radius 2 is 1.36 bits per heavy atom. The van der Waals surface area contributed by atoms with Crippen molar-refractivity contribution in [2.24, 2.45) is 5.73 Å². The molecule has 0 aliphatic heterocycles. The Bertz CT molecular complexity index is 647. The minimum atomic E-state index is -1.08. The molecule has 210 valence electrons. The third-order valence-electron chi connectivity index (χ3n) is 5.70. The lowest BCUT2D eigenvalue weighted by Gasteiger charge is -2.24. The molecule has 0 saturated carbocycles. The number of carbonyl (C=O) groups excluding carboxylic acids is 3. The third-order valence-corrected chi connectivity index (χ3v) is 5.70. The predicted octanol–water partition coefficient (Wildman–Crippen LogP) is 5.62. The molecule has 0 saturated heterocycles. The summed E-state index contributed by atoms with van der Waals surface area (Å²) < 4.78 is 10.8. The van der Waals surface area contributed by atoms with Gasteiger partial charge in [-0.1, -0.05) is 71.1 Å². The smallest absolute Gasteiger partial charge is 0.408 e. The van der Waals surface area contributed by atoms with Gasteiger partial charge in [0.05, 0.1) is 6.42 Å². The number of primary amides is 1. The normalized spacial score (nSPS) is 13.0. The van der Waals surface area contributed by atoms with Crippen LogP contribution >= 0.6 is 0 Å². The highest BCUT2D eigenvalue weighted by atomic mass is 16.6. The van der Waals surface area contributed by atoms with Crippen LogP contribution in [0.25, 0.3) is 0 Å². The average molecular weight is 515 g/mol. The number of carboxylic acids is 1. The Kier molecular flexibility index (Phi) is 18.5. The number of esters is 1. The van der Waals surface area contributed by atoms with E-state index in [0.717, 1.165) is 19.3 Å². The first kappa shape index (κ1) is 33.7. The van der Waals surface area contributed by atoms with Crippen molar-refractivity contribution < 1.29 is 33.8 Å². The number of alkyl carbamates (subject to hydrolysis) is 1. The van der Waals surface area contributed by atoms with Gasteiger partial charge in [-0.15, -0.1) is 0 Å². The lowest BCUT2D eigenvalue weighted by Crippen LogP contribution is -2.45. The summed E-state index contributed by atoms with van der Waals surface area (Å²) in [6, 6.07) is -1.08. The van der Waals surface area contributed by atoms with Crippen LogP contribution in [-0.2, 0) is 23.9 Å². The fourth-order valence-electron chi connectivity index (χ4n) is 3.87. The molecule has 0 radical (unpaired) electrons. The lowest BCUT2D eigenvalue weighted by molar-refractivity contribution is -0.153. The molecule has 0 bridgehead atoms. The second kappa shape index (κ2) is 19.8. The molecule has 0 aliphatic rings. The number of aliphatic carboxylic acids is 1. The van der Waals surface area contributed by atoms with Crippen molar-refractivity contribution >= 4 is 23.9 Å². The molecule has 2 amide bonds. The fraction of sp³-hybridized carbons (Fsp3) is 0.852. The molecule has 36 heavy (non-hydrogen) atoms. The molecule has 0 aromatic heterocycles. The summed E-state index contributed by atoms with van der Waals surface area (Å²) in [7, 11) is 0. The standard InChI is InChI=1S/C27H50N2O7/c1-5-6-7-8-9-10-11-12-13-14-15-17-21(20-23(28)30)35-25(33)22(18-16-19-24(31)32)29-26(34)36-27(2,3)4/h21-22H,5-20H2,1-4H3,(H2,28,30)(H,29,34)(H,31,32)/t21-,22-/m1/s1. The van der Waals surface area contributed by atoms with Crippen LogP contribution < -0.4 is 11.1 Å². The van der Waals surface area contributed by atoms with Gasteiger partial charge in [-0.3, -0.25) is 9.59 Å². The highest BCUT2D eigenvalue weighted by Crippen LogP contribution is 2.16. The number of nitrogens with two attached hydrogens (primary N) is 1. The van der Waals surface area contributed by atoms with Gasteiger partial charge in [-0.05, 0) is 46.5 Å². The summed E-state index contributed by atoms with van der Waals surface area (Å²) in [5.74, 6) is -2.29. The van der Waals surface area contributed by atoms with E-state index < -0.39 is 41.7 Å². The van der Waals surface area contributed by atoms with Crippen LogP contribution in [0.4, 0.5) is 4.79 Å². The second-order valence-electron chi connectivity index (χ2n) is 10.5. The Labute approximate surface area is 217 Å². The quantitative estimate of drug-likeness (QED) is 0.133. The number of rotatable bonds is 21. The van der Waals surface area contributed by atoms with Crippen molar-refractivity contribution in [3.8, 4) is 0 Å². The molecule has 0 unspecified atom stereocenters. The number of amides is 2. The van der Waals surface area contributed by atoms with Crippen molar-refractivity contribution in [2.45, 2.75) is 148 Å². The Balaban J connectivity index is 4.64. The van der Waals surface area contributed by atoms with E-state index in [4.69, 9.17) is 20.3 Å². The van der Waals surface area contributed by atoms with E-state index in [9.17, 15) is 19.2 Å². The molecule has 0 fully saturated rings. The topological polar surface area (TPSA) is 145 Å². The molecule has 0 spiro atoms. The van der Waals surface area contributed by atoms with E-state index in [0.29, 0.717) is 6.42 Å². The summed E-state index contributed by atoms with van der Waals surface area (Å²) in [5, 5.41) is 11.4. The Morgan fingerprint density at radius 1 is 0.833 bits per heavy atom. The van der Waals surface area contributed by atoms with Crippen LogP contribution in [0, 0.1) is 0 Å². The van der Waals surface area contributed by atoms with Gasteiger partial charge in [0.25, 0.3) is 0 Å². The first-order chi connectivity index (χ1) is 16.9. The monoisotopic (exact) mass is 514 g/mol. The third kappa shape index (κ3) is 21.0. The zero-order valence-corrected chi connectivity index (χ0v) is 22.9. The van der Waals surface area contributed by atoms with E-state index >= 15 is 0 Å². The highest BCUT2D eigenvalue weighted by Gasteiger charge is 2.28. The van der Waals surface area contributed by atoms with Gasteiger partial charge in [0.1, 0.15) is 17.7 Å². The number of carbonyl (C=O) groups is 4. The lowest BCUT2D eigenvalue weighted by atomic mass is 10.0. The maximum atomic E-state index is 12.8. The van der Waals surface area contributed by atoms with E-state index in [-0.39, 0.29) is 25.7 Å². The molecule has 9 nitrogen and oxygen atoms in total. The van der Waals surface area contributed by atoms with Gasteiger partial charge in [-0.25, -0.2) is 9.59 Å². The summed E-state index contributed by atoms with van der Waals surface area (Å²) in [6.45, 7) is 7.30. The molecule has 2 atom stereocenters. The largest absolute Gasteiger partial charge is 0.481 e. The van der Waals surface area contributed by atoms with Crippen molar-refractivity contribution in [3.63, 3.8) is 0 Å². The van der Waals surface area contributed by atoms with Crippen LogP contribution in [0.5, 0.6) is 0 Å². The summed E-state index contributed by atoms with van der Waals surface area (Å²) in [6.07, 6.45) is 12.0. The first-order valence-corrected chi connectivity index (χ1v) is 13.6. The number of unbranched alkanes of at least 4 members (excludes halogenated alkanes) is 10. The van der Waals surface area contributed by atoms with Gasteiger partial charge < -0.3 is 25.6 Å². The van der Waals surface area contributed by atoms with Gasteiger partial charge >= 0.3 is 18.0 Å². The fourth-order valence-corrected chi connectivity index (χ4v) is 3.87. The van der Waals surface area contributed by atoms with Crippen LogP contribution in [0.15, 0.2) is 0 Å². The molecule has 0 aromatic carbocycles. The molecule has 0 heterocycles. The number of hydrogen-bond donors (Lipinski definition) is 3. The van der Waals surface area contributed by atoms with Gasteiger partial charge in [0.15, 0.2) is 0 Å². The first-order valence-electron chi connectivity index (χ1n) is 13.6. The summed E-state index contributed by atoms with van der Waals surface area (Å²) in [4.78, 5) is 47.4. The average Bonchev–Trinajstić information content (AvgIpc) is 2.74. The van der Waals surface area contributed by atoms with E-state index in [1.54, 1.807) is 20.8 Å². The number of nitrogens with one attached hydrogen (secondary N) is 1. The van der Waals surface area contributed by atoms with E-state index in [1.807, 2.05) is 0 Å². The zero-order chi connectivity index (χ0) is 27.4. The van der Waals surface area contributed by atoms with Gasteiger partial charge in [-0.2, -0.15) is 0 Å². The van der Waals surface area contributed by atoms with Crippen molar-refractivity contribution in [2.75, 3.05) is 0 Å². The maximum Gasteiger partial charge on any atom is 0.408 e. The number of hydrogen-bond acceptors (Lipinski definition) is 6. The number of ether oxygens (including phenoxy) is 2. The van der Waals surface area contributed by atoms with E-state index in [1.165, 1.54) is 51.4 Å². The number of carboxylic acid groups (broad SMARTS) is 1. The van der Waals surface area contributed by atoms with E-state index in [2.05, 4.69) is 12.2 Å². The van der Waals surface area contributed by atoms with Gasteiger partial charge in [0.2, 0.25) is 5.91 Å². The molecular weight excluding hydrogens is 464 g/mol. The molecule has 9 heteroatoms. The van der Waals surface area contributed by atoms with Gasteiger partial charge in [0, 0.05) is 6.42 Å². The predicted molar refractivity (Wildman–Crippen MR) is 139 cm³/mol. The molecule has 0 aliphatic carbocycles. The summed E-state index contributed by atoms with van der Waals surface area (Å²) in [5.41, 5.74) is 4.59. The highest BCUT2D eigenvalue weighted by molar-refractivity contribution is 5.82. The van der Waals surface area contributed by atoms with Crippen molar-refractivity contribution in [1.29, 1.82) is 0 Å². The Hall–Kier alpha value is -2.32. The van der Waals surface area contributed by atoms with Crippen LogP contribution in [-0.4, -0.2) is 46.8 Å². The molecule has 0 rings (SSSR count). The van der Waals surface area contributed by atoms with Crippen LogP contribution in [0.2, 0.25) is 0 Å². The molecule has 0 aromatic rings. The van der Waals surface area contributed by atoms with Crippen molar-refractivity contribution in [1.82, 2.24) is 5.32 Å². The Morgan fingerprint density at radius 3 is 1.83 bits per heavy atom. The zero-order valence-electron chi connectivity index (χ0n) is 22.9. The summed E-state index contributed by atoms with van der Waals surface area (Å²) >= 11 is 0. The molecular formula is C27H50N2O7. The SMILES string of the molecule is CCCCCCCCCCCCC[C@H](CC(N)=O)OC(=O)[C@@H](CCCC(=O)O)NC(=O)OC(C)(C)C. The van der Waals surface area contributed by atoms with Crippen LogP contribution in [0.1, 0.15) is 130 Å². The maximum absolute atomic E-state index is 12.8. The molecule has 4 N–H and O–H groups in total. The van der Waals surface area contributed by atoms with Crippen LogP contribution in [0.3, 0.4) is 0 Å².